The van der Waals surface area contributed by atoms with Crippen LogP contribution in [0.5, 0.6) is 0 Å². The summed E-state index contributed by atoms with van der Waals surface area (Å²) in [6.45, 7) is 11.5. The number of thiophene rings is 1. The average molecular weight is 436 g/mol. The molecule has 7 nitrogen and oxygen atoms in total. The van der Waals surface area contributed by atoms with Crippen LogP contribution in [0, 0.1) is 5.92 Å². The Labute approximate surface area is 184 Å². The summed E-state index contributed by atoms with van der Waals surface area (Å²) < 4.78 is 11.3. The number of ether oxygens (including phenoxy) is 2. The van der Waals surface area contributed by atoms with Crippen LogP contribution in [0.2, 0.25) is 0 Å². The lowest BCUT2D eigenvalue weighted by atomic mass is 9.97. The van der Waals surface area contributed by atoms with Gasteiger partial charge in [-0.2, -0.15) is 0 Å². The minimum atomic E-state index is 0.438. The fourth-order valence-electron chi connectivity index (χ4n) is 4.72. The van der Waals surface area contributed by atoms with Gasteiger partial charge in [-0.05, 0) is 43.7 Å². The molecule has 2 atom stereocenters. The molecule has 30 heavy (non-hydrogen) atoms. The quantitative estimate of drug-likeness (QED) is 0.505. The summed E-state index contributed by atoms with van der Waals surface area (Å²) >= 11 is 1.84. The van der Waals surface area contributed by atoms with E-state index in [2.05, 4.69) is 44.9 Å². The average Bonchev–Trinajstić information content (AvgIpc) is 3.50. The number of hydrogen-bond donors (Lipinski definition) is 2. The van der Waals surface area contributed by atoms with Gasteiger partial charge in [0.15, 0.2) is 5.96 Å². The number of hydrogen-bond acceptors (Lipinski definition) is 6. The molecule has 0 amide bonds. The maximum atomic E-state index is 5.70. The van der Waals surface area contributed by atoms with Crippen LogP contribution in [-0.2, 0) is 9.47 Å². The number of piperidine rings is 1. The molecule has 0 aromatic carbocycles. The fourth-order valence-corrected chi connectivity index (χ4v) is 5.51. The van der Waals surface area contributed by atoms with E-state index in [1.165, 1.54) is 5.00 Å². The van der Waals surface area contributed by atoms with Crippen molar-refractivity contribution in [1.82, 2.24) is 15.5 Å². The predicted octanol–water partition coefficient (Wildman–Crippen LogP) is 2.01. The number of guanidine groups is 1. The first-order valence-electron chi connectivity index (χ1n) is 11.6. The van der Waals surface area contributed by atoms with Crippen LogP contribution >= 0.6 is 11.3 Å². The lowest BCUT2D eigenvalue weighted by molar-refractivity contribution is 0.00368. The van der Waals surface area contributed by atoms with E-state index in [0.717, 1.165) is 90.9 Å². The van der Waals surface area contributed by atoms with Crippen LogP contribution in [0.3, 0.4) is 0 Å². The van der Waals surface area contributed by atoms with E-state index in [9.17, 15) is 0 Å². The van der Waals surface area contributed by atoms with E-state index < -0.39 is 0 Å². The molecule has 1 aromatic rings. The van der Waals surface area contributed by atoms with Gasteiger partial charge in [0, 0.05) is 57.3 Å². The summed E-state index contributed by atoms with van der Waals surface area (Å²) in [6.07, 6.45) is 3.43. The summed E-state index contributed by atoms with van der Waals surface area (Å²) in [5, 5.41) is 10.7. The Hall–Kier alpha value is -1.35. The van der Waals surface area contributed by atoms with Crippen molar-refractivity contribution in [2.45, 2.75) is 38.3 Å². The minimum Gasteiger partial charge on any atom is -0.381 e. The highest BCUT2D eigenvalue weighted by atomic mass is 32.1. The Morgan fingerprint density at radius 2 is 2.00 bits per heavy atom. The summed E-state index contributed by atoms with van der Waals surface area (Å²) in [6, 6.07) is 5.28. The molecule has 0 bridgehead atoms. The number of nitrogens with one attached hydrogen (secondary N) is 2. The lowest BCUT2D eigenvalue weighted by Crippen LogP contribution is -2.51. The van der Waals surface area contributed by atoms with Gasteiger partial charge in [-0.25, -0.2) is 0 Å². The van der Waals surface area contributed by atoms with Gasteiger partial charge in [0.05, 0.1) is 31.4 Å². The molecule has 1 aromatic heterocycles. The molecule has 0 saturated carbocycles. The van der Waals surface area contributed by atoms with Crippen LogP contribution in [-0.4, -0.2) is 88.6 Å². The molecule has 3 fully saturated rings. The highest BCUT2D eigenvalue weighted by Crippen LogP contribution is 2.25. The van der Waals surface area contributed by atoms with E-state index in [1.807, 2.05) is 11.3 Å². The van der Waals surface area contributed by atoms with Crippen molar-refractivity contribution in [3.05, 3.63) is 17.5 Å². The Morgan fingerprint density at radius 1 is 1.17 bits per heavy atom. The molecule has 3 aliphatic rings. The molecule has 3 saturated heterocycles. The predicted molar refractivity (Wildman–Crippen MR) is 124 cm³/mol. The molecule has 168 valence electrons. The molecular formula is C22H37N5O2S. The van der Waals surface area contributed by atoms with Crippen LogP contribution in [0.15, 0.2) is 22.5 Å². The van der Waals surface area contributed by atoms with Gasteiger partial charge in [0.25, 0.3) is 0 Å². The minimum absolute atomic E-state index is 0.438. The van der Waals surface area contributed by atoms with Crippen molar-refractivity contribution in [1.29, 1.82) is 0 Å². The lowest BCUT2D eigenvalue weighted by Gasteiger charge is -2.37. The first-order valence-corrected chi connectivity index (χ1v) is 12.4. The van der Waals surface area contributed by atoms with Gasteiger partial charge in [0.1, 0.15) is 0 Å². The largest absolute Gasteiger partial charge is 0.381 e. The van der Waals surface area contributed by atoms with Gasteiger partial charge in [-0.3, -0.25) is 9.89 Å². The number of morpholine rings is 1. The second-order valence-corrected chi connectivity index (χ2v) is 9.34. The zero-order valence-electron chi connectivity index (χ0n) is 18.2. The molecule has 3 aliphatic heterocycles. The van der Waals surface area contributed by atoms with Gasteiger partial charge in [-0.1, -0.05) is 0 Å². The Bertz CT molecular complexity index is 636. The summed E-state index contributed by atoms with van der Waals surface area (Å²) in [5.41, 5.74) is 0. The summed E-state index contributed by atoms with van der Waals surface area (Å²) in [4.78, 5) is 10.1. The maximum absolute atomic E-state index is 5.70. The topological polar surface area (TPSA) is 61.4 Å². The zero-order valence-corrected chi connectivity index (χ0v) is 19.0. The van der Waals surface area contributed by atoms with E-state index in [-0.39, 0.29) is 0 Å². The smallest absolute Gasteiger partial charge is 0.191 e. The third-order valence-corrected chi connectivity index (χ3v) is 7.39. The first-order chi connectivity index (χ1) is 14.8. The second kappa shape index (κ2) is 11.3. The molecule has 0 radical (unpaired) electrons. The number of nitrogens with zero attached hydrogens (tertiary/aromatic N) is 3. The Morgan fingerprint density at radius 3 is 2.67 bits per heavy atom. The highest BCUT2D eigenvalue weighted by molar-refractivity contribution is 7.14. The maximum Gasteiger partial charge on any atom is 0.191 e. The van der Waals surface area contributed by atoms with Crippen molar-refractivity contribution in [3.8, 4) is 0 Å². The first kappa shape index (κ1) is 21.9. The van der Waals surface area contributed by atoms with Crippen molar-refractivity contribution in [3.63, 3.8) is 0 Å². The molecule has 0 spiro atoms. The Balaban J connectivity index is 1.33. The summed E-state index contributed by atoms with van der Waals surface area (Å²) in [7, 11) is 0. The molecule has 0 aliphatic carbocycles. The molecule has 4 rings (SSSR count). The van der Waals surface area contributed by atoms with E-state index in [1.54, 1.807) is 0 Å². The van der Waals surface area contributed by atoms with E-state index in [0.29, 0.717) is 18.0 Å². The molecule has 4 heterocycles. The standard InChI is InChI=1S/C22H37N5O2S/c1-2-23-22(25-19-5-8-27(9-6-19)21-4-3-15-30-21)24-16-20(18-7-12-29-17-18)26-10-13-28-14-11-26/h3-4,15,18-20H,2,5-14,16-17H2,1H3,(H2,23,24,25). The van der Waals surface area contributed by atoms with Crippen molar-refractivity contribution in [2.75, 3.05) is 70.6 Å². The van der Waals surface area contributed by atoms with Crippen LogP contribution in [0.1, 0.15) is 26.2 Å². The van der Waals surface area contributed by atoms with Crippen LogP contribution in [0.4, 0.5) is 5.00 Å². The van der Waals surface area contributed by atoms with Gasteiger partial charge in [0.2, 0.25) is 0 Å². The van der Waals surface area contributed by atoms with Gasteiger partial charge < -0.3 is 25.0 Å². The highest BCUT2D eigenvalue weighted by Gasteiger charge is 2.31. The monoisotopic (exact) mass is 435 g/mol. The normalized spacial score (nSPS) is 25.4. The van der Waals surface area contributed by atoms with Crippen molar-refractivity contribution >= 4 is 22.3 Å². The molecular weight excluding hydrogens is 398 g/mol. The van der Waals surface area contributed by atoms with Crippen molar-refractivity contribution < 1.29 is 9.47 Å². The zero-order chi connectivity index (χ0) is 20.6. The van der Waals surface area contributed by atoms with Crippen molar-refractivity contribution in [2.24, 2.45) is 10.9 Å². The second-order valence-electron chi connectivity index (χ2n) is 8.42. The summed E-state index contributed by atoms with van der Waals surface area (Å²) in [5.74, 6) is 1.54. The Kier molecular flexibility index (Phi) is 8.25. The fraction of sp³-hybridized carbons (Fsp3) is 0.773. The molecule has 2 unspecified atom stereocenters. The third-order valence-electron chi connectivity index (χ3n) is 6.46. The third kappa shape index (κ3) is 5.87. The SMILES string of the molecule is CCNC(=NCC(C1CCOC1)N1CCOCC1)NC1CCN(c2cccs2)CC1. The van der Waals surface area contributed by atoms with Crippen LogP contribution in [0.25, 0.3) is 0 Å². The molecule has 2 N–H and O–H groups in total. The molecule has 8 heteroatoms. The van der Waals surface area contributed by atoms with Gasteiger partial charge in [-0.15, -0.1) is 11.3 Å². The number of aliphatic imine (C=N–C) groups is 1. The van der Waals surface area contributed by atoms with E-state index in [4.69, 9.17) is 14.5 Å². The van der Waals surface area contributed by atoms with Crippen LogP contribution < -0.4 is 15.5 Å². The number of rotatable bonds is 7. The number of anilines is 1. The van der Waals surface area contributed by atoms with Gasteiger partial charge >= 0.3 is 0 Å². The van der Waals surface area contributed by atoms with E-state index >= 15 is 0 Å².